The second-order valence-electron chi connectivity index (χ2n) is 8.86. The van der Waals surface area contributed by atoms with Crippen molar-refractivity contribution in [2.45, 2.75) is 38.3 Å². The molecule has 182 valence electrons. The van der Waals surface area contributed by atoms with Gasteiger partial charge in [-0.05, 0) is 0 Å². The minimum atomic E-state index is -2.70. The maximum absolute atomic E-state index is 13.7. The summed E-state index contributed by atoms with van der Waals surface area (Å²) in [5, 5.41) is 0.827. The number of pyridine rings is 1. The zero-order chi connectivity index (χ0) is 24.4. The van der Waals surface area contributed by atoms with Crippen LogP contribution in [0.4, 0.5) is 5.69 Å². The number of benzene rings is 1. The molecule has 1 saturated heterocycles. The molecule has 0 aliphatic carbocycles. The summed E-state index contributed by atoms with van der Waals surface area (Å²) in [5.41, 5.74) is 8.75. The van der Waals surface area contributed by atoms with E-state index in [-0.39, 0.29) is 11.9 Å². The molecule has 1 spiro atoms. The van der Waals surface area contributed by atoms with Crippen LogP contribution in [-0.4, -0.2) is 38.0 Å². The van der Waals surface area contributed by atoms with E-state index in [1.165, 1.54) is 1.59 Å². The summed E-state index contributed by atoms with van der Waals surface area (Å²) in [7, 11) is 0. The topological polar surface area (TPSA) is 68.5 Å². The first kappa shape index (κ1) is 24.7. The van der Waals surface area contributed by atoms with Gasteiger partial charge in [-0.25, -0.2) is 0 Å². The van der Waals surface area contributed by atoms with E-state index >= 15 is 0 Å². The van der Waals surface area contributed by atoms with Gasteiger partial charge >= 0.3 is 222 Å². The van der Waals surface area contributed by atoms with Crippen molar-refractivity contribution in [2.24, 2.45) is 5.73 Å². The van der Waals surface area contributed by atoms with E-state index in [0.717, 1.165) is 42.2 Å². The molecule has 1 amide bonds. The molecule has 9 heteroatoms. The zero-order valence-electron chi connectivity index (χ0n) is 19.1. The number of hydrogen-bond acceptors (Lipinski definition) is 4. The Bertz CT molecular complexity index is 1380. The van der Waals surface area contributed by atoms with E-state index in [9.17, 15) is 4.79 Å². The summed E-state index contributed by atoms with van der Waals surface area (Å²) in [5.74, 6) is 0.762. The summed E-state index contributed by atoms with van der Waals surface area (Å²) in [4.78, 5) is 19.6. The summed E-state index contributed by atoms with van der Waals surface area (Å²) in [6.07, 6.45) is 5.23. The molecule has 3 aliphatic heterocycles. The second kappa shape index (κ2) is 8.83. The van der Waals surface area contributed by atoms with Gasteiger partial charge in [0.25, 0.3) is 0 Å². The van der Waals surface area contributed by atoms with E-state index < -0.39 is 42.4 Å². The van der Waals surface area contributed by atoms with Gasteiger partial charge in [0.1, 0.15) is 0 Å². The molecule has 5 nitrogen and oxygen atoms in total. The first-order valence-corrected chi connectivity index (χ1v) is 20.9. The minimum absolute atomic E-state index is 0.0342. The van der Waals surface area contributed by atoms with Crippen molar-refractivity contribution >= 4 is 84.3 Å². The van der Waals surface area contributed by atoms with E-state index in [4.69, 9.17) is 38.2 Å². The molecule has 4 heterocycles. The van der Waals surface area contributed by atoms with Crippen LogP contribution < -0.4 is 15.4 Å². The molecule has 1 atom stereocenters. The number of halogens is 4. The van der Waals surface area contributed by atoms with Crippen molar-refractivity contribution in [3.05, 3.63) is 59.4 Å². The Morgan fingerprint density at radius 2 is 1.97 bits per heavy atom. The molecule has 2 N–H and O–H groups in total. The van der Waals surface area contributed by atoms with Crippen molar-refractivity contribution in [1.82, 2.24) is 4.98 Å². The molecule has 1 aromatic carbocycles. The Morgan fingerprint density at radius 1 is 1.26 bits per heavy atom. The third kappa shape index (κ3) is 3.68. The van der Waals surface area contributed by atoms with Crippen LogP contribution in [0.1, 0.15) is 38.3 Å². The fraction of sp³-hybridized carbons (Fsp3) is 0.320. The maximum atomic E-state index is 13.7. The van der Waals surface area contributed by atoms with Gasteiger partial charge in [-0.3, -0.25) is 0 Å². The number of fused-ring (bicyclic) bond motifs is 1. The van der Waals surface area contributed by atoms with Crippen molar-refractivity contribution in [2.75, 3.05) is 13.8 Å². The number of alkyl halides is 2. The molecule has 0 bridgehead atoms. The number of nitrogens with two attached hydrogens (primary N) is 1. The van der Waals surface area contributed by atoms with Crippen molar-refractivity contribution in [3.63, 3.8) is 0 Å². The SMILES string of the molecule is C=I1=C(C)N(c2cccc(Cl)c2Cl)C(=O)C(C)=C1I1(=C)CCC2(CC1)Oc1cnccc1[C@H]2N. The first-order chi connectivity index (χ1) is 16.1. The summed E-state index contributed by atoms with van der Waals surface area (Å²) in [6, 6.07) is 7.19. The molecule has 5 rings (SSSR count). The van der Waals surface area contributed by atoms with Crippen LogP contribution in [0.2, 0.25) is 10.0 Å². The van der Waals surface area contributed by atoms with Gasteiger partial charge in [-0.2, -0.15) is 0 Å². The van der Waals surface area contributed by atoms with Crippen LogP contribution in [0.25, 0.3) is 0 Å². The Balaban J connectivity index is 1.48. The molecule has 0 unspecified atom stereocenters. The first-order valence-electron chi connectivity index (χ1n) is 10.8. The number of anilines is 1. The van der Waals surface area contributed by atoms with Crippen molar-refractivity contribution < 1.29 is 9.53 Å². The van der Waals surface area contributed by atoms with E-state index in [1.54, 1.807) is 23.4 Å². The van der Waals surface area contributed by atoms with Crippen LogP contribution in [0.5, 0.6) is 5.75 Å². The fourth-order valence-corrected chi connectivity index (χ4v) is 28.4. The molecule has 0 saturated carbocycles. The van der Waals surface area contributed by atoms with E-state index in [1.807, 2.05) is 32.0 Å². The quantitative estimate of drug-likeness (QED) is 0.298. The number of carbonyl (C=O) groups excluding carboxylic acids is 1. The van der Waals surface area contributed by atoms with E-state index in [0.29, 0.717) is 15.7 Å². The van der Waals surface area contributed by atoms with Crippen molar-refractivity contribution in [3.8, 4) is 5.75 Å². The predicted octanol–water partition coefficient (Wildman–Crippen LogP) is 6.15. The van der Waals surface area contributed by atoms with Crippen LogP contribution in [0.15, 0.2) is 43.8 Å². The Labute approximate surface area is 220 Å². The standard InChI is InChI=1S/C25H27Cl2I2N3O2/c1-15-23(28(3)16(2)32(24(15)33)19-7-5-6-18(26)21(19)27)29(4)11-9-25(10-12-29)22(30)17-8-13-31-14-20(17)34-25/h5-8,13-14,22H,3-4,9-12,30H2,1-2H3/t22-/m1/s1. The molecule has 1 aromatic heterocycles. The molecular weight excluding hydrogens is 699 g/mol. The number of hydrogen-bond donors (Lipinski definition) is 1. The van der Waals surface area contributed by atoms with Gasteiger partial charge < -0.3 is 0 Å². The molecule has 34 heavy (non-hydrogen) atoms. The Hall–Kier alpha value is -1.01. The Kier molecular flexibility index (Phi) is 6.41. The number of rotatable bonds is 2. The summed E-state index contributed by atoms with van der Waals surface area (Å²) >= 11 is 7.99. The molecule has 0 radical (unpaired) electrons. The van der Waals surface area contributed by atoms with E-state index in [2.05, 4.69) is 9.50 Å². The number of nitrogens with zero attached hydrogens (tertiary/aromatic N) is 2. The normalized spacial score (nSPS) is 31.4. The van der Waals surface area contributed by atoms with Crippen LogP contribution >= 0.6 is 60.0 Å². The van der Waals surface area contributed by atoms with Gasteiger partial charge in [-0.15, -0.1) is 0 Å². The third-order valence-corrected chi connectivity index (χ3v) is 29.2. The van der Waals surface area contributed by atoms with Gasteiger partial charge in [0.15, 0.2) is 0 Å². The molecular formula is C25H27Cl2I2N3O2. The number of amides is 1. The van der Waals surface area contributed by atoms with Gasteiger partial charge in [0.2, 0.25) is 0 Å². The number of carbonyl (C=O) groups is 1. The molecule has 2 aromatic rings. The van der Waals surface area contributed by atoms with Crippen LogP contribution in [0, 0.1) is 0 Å². The van der Waals surface area contributed by atoms with Gasteiger partial charge in [0, 0.05) is 0 Å². The Morgan fingerprint density at radius 3 is 2.65 bits per heavy atom. The average molecular weight is 726 g/mol. The number of ether oxygens (including phenoxy) is 1. The molecule has 3 aliphatic rings. The summed E-state index contributed by atoms with van der Waals surface area (Å²) in [6.45, 7) is 3.97. The fourth-order valence-electron chi connectivity index (χ4n) is 4.98. The van der Waals surface area contributed by atoms with Gasteiger partial charge in [-0.1, -0.05) is 0 Å². The predicted molar refractivity (Wildman–Crippen MR) is 163 cm³/mol. The molecule has 1 fully saturated rings. The zero-order valence-corrected chi connectivity index (χ0v) is 24.9. The monoisotopic (exact) mass is 725 g/mol. The van der Waals surface area contributed by atoms with Crippen molar-refractivity contribution in [1.29, 1.82) is 0 Å². The summed E-state index contributed by atoms with van der Waals surface area (Å²) < 4.78 is 20.2. The third-order valence-electron chi connectivity index (χ3n) is 6.96. The second-order valence-corrected chi connectivity index (χ2v) is 25.2. The number of aromatic nitrogens is 1. The van der Waals surface area contributed by atoms with Crippen LogP contribution in [-0.2, 0) is 4.79 Å². The average Bonchev–Trinajstić information content (AvgIpc) is 3.09. The van der Waals surface area contributed by atoms with Crippen LogP contribution in [0.3, 0.4) is 0 Å². The van der Waals surface area contributed by atoms with Gasteiger partial charge in [0.05, 0.1) is 0 Å².